The van der Waals surface area contributed by atoms with Crippen molar-refractivity contribution in [3.8, 4) is 0 Å². The molecule has 2 aromatic heterocycles. The molecule has 2 aromatic rings. The minimum Gasteiger partial charge on any atom is -0.374 e. The van der Waals surface area contributed by atoms with Crippen LogP contribution < -0.4 is 5.32 Å². The van der Waals surface area contributed by atoms with E-state index in [4.69, 9.17) is 4.74 Å². The van der Waals surface area contributed by atoms with E-state index in [1.165, 1.54) is 0 Å². The van der Waals surface area contributed by atoms with Crippen molar-refractivity contribution in [2.24, 2.45) is 0 Å². The fraction of sp³-hybridized carbons (Fsp3) is 0.438. The molecule has 7 heteroatoms. The Hall–Kier alpha value is -2.25. The van der Waals surface area contributed by atoms with Crippen LogP contribution in [0.15, 0.2) is 42.9 Å². The summed E-state index contributed by atoms with van der Waals surface area (Å²) < 4.78 is 7.60. The minimum absolute atomic E-state index is 0.00962. The number of nitrogens with zero attached hydrogens (tertiary/aromatic N) is 4. The van der Waals surface area contributed by atoms with Gasteiger partial charge in [-0.2, -0.15) is 5.10 Å². The first-order chi connectivity index (χ1) is 11.3. The molecule has 23 heavy (non-hydrogen) atoms. The number of carbonyl (C=O) groups is 1. The van der Waals surface area contributed by atoms with Crippen LogP contribution in [0.25, 0.3) is 0 Å². The van der Waals surface area contributed by atoms with Gasteiger partial charge in [-0.1, -0.05) is 6.07 Å². The van der Waals surface area contributed by atoms with Gasteiger partial charge < -0.3 is 10.1 Å². The largest absolute Gasteiger partial charge is 0.374 e. The van der Waals surface area contributed by atoms with E-state index in [9.17, 15) is 4.79 Å². The summed E-state index contributed by atoms with van der Waals surface area (Å²) in [5.41, 5.74) is 0.861. The number of rotatable bonds is 6. The van der Waals surface area contributed by atoms with Crippen LogP contribution in [-0.2, 0) is 22.6 Å². The third kappa shape index (κ3) is 4.87. The topological polar surface area (TPSA) is 72.3 Å². The third-order valence-electron chi connectivity index (χ3n) is 3.73. The van der Waals surface area contributed by atoms with Gasteiger partial charge in [0.05, 0.1) is 38.0 Å². The fourth-order valence-electron chi connectivity index (χ4n) is 2.60. The smallest absolute Gasteiger partial charge is 0.234 e. The van der Waals surface area contributed by atoms with Gasteiger partial charge in [0.25, 0.3) is 0 Å². The zero-order chi connectivity index (χ0) is 15.9. The Kier molecular flexibility index (Phi) is 5.33. The molecule has 1 atom stereocenters. The molecule has 122 valence electrons. The average molecular weight is 315 g/mol. The summed E-state index contributed by atoms with van der Waals surface area (Å²) in [4.78, 5) is 18.4. The molecule has 0 unspecified atom stereocenters. The second-order valence-corrected chi connectivity index (χ2v) is 5.55. The molecule has 1 saturated heterocycles. The number of aromatic nitrogens is 3. The Balaban J connectivity index is 1.42. The van der Waals surface area contributed by atoms with Gasteiger partial charge in [0.1, 0.15) is 0 Å². The Morgan fingerprint density at radius 2 is 2.30 bits per heavy atom. The molecule has 3 rings (SSSR count). The van der Waals surface area contributed by atoms with Crippen molar-refractivity contribution in [3.63, 3.8) is 0 Å². The first-order valence-electron chi connectivity index (χ1n) is 7.77. The summed E-state index contributed by atoms with van der Waals surface area (Å²) in [6, 6.07) is 7.57. The molecule has 0 aliphatic carbocycles. The summed E-state index contributed by atoms with van der Waals surface area (Å²) in [6.45, 7) is 3.69. The molecular weight excluding hydrogens is 294 g/mol. The van der Waals surface area contributed by atoms with Gasteiger partial charge in [0, 0.05) is 31.7 Å². The van der Waals surface area contributed by atoms with Gasteiger partial charge in [-0.05, 0) is 18.2 Å². The molecule has 1 fully saturated rings. The normalized spacial score (nSPS) is 18.7. The van der Waals surface area contributed by atoms with E-state index in [1.807, 2.05) is 35.1 Å². The van der Waals surface area contributed by atoms with Gasteiger partial charge in [0.2, 0.25) is 5.91 Å². The van der Waals surface area contributed by atoms with Crippen LogP contribution in [0.4, 0.5) is 0 Å². The van der Waals surface area contributed by atoms with E-state index in [0.29, 0.717) is 26.2 Å². The Morgan fingerprint density at radius 1 is 1.35 bits per heavy atom. The number of pyridine rings is 1. The predicted octanol–water partition coefficient (Wildman–Crippen LogP) is 0.295. The molecule has 7 nitrogen and oxygen atoms in total. The van der Waals surface area contributed by atoms with E-state index >= 15 is 0 Å². The van der Waals surface area contributed by atoms with Gasteiger partial charge in [-0.25, -0.2) is 0 Å². The number of ether oxygens (including phenoxy) is 1. The lowest BCUT2D eigenvalue weighted by molar-refractivity contribution is -0.124. The molecule has 1 aliphatic rings. The lowest BCUT2D eigenvalue weighted by Crippen LogP contribution is -2.48. The number of carbonyl (C=O) groups excluding carboxylic acids is 1. The van der Waals surface area contributed by atoms with E-state index in [2.05, 4.69) is 20.3 Å². The van der Waals surface area contributed by atoms with Crippen LogP contribution in [0.5, 0.6) is 0 Å². The van der Waals surface area contributed by atoms with Crippen LogP contribution >= 0.6 is 0 Å². The highest BCUT2D eigenvalue weighted by atomic mass is 16.5. The first kappa shape index (κ1) is 15.6. The molecule has 0 saturated carbocycles. The van der Waals surface area contributed by atoms with Crippen molar-refractivity contribution in [3.05, 3.63) is 48.5 Å². The Bertz CT molecular complexity index is 602. The lowest BCUT2D eigenvalue weighted by atomic mass is 10.2. The maximum atomic E-state index is 12.1. The molecule has 0 aromatic carbocycles. The Labute approximate surface area is 135 Å². The molecule has 3 heterocycles. The number of hydrogen-bond donors (Lipinski definition) is 1. The van der Waals surface area contributed by atoms with Crippen molar-refractivity contribution in [2.75, 3.05) is 26.2 Å². The van der Waals surface area contributed by atoms with Crippen LogP contribution in [0.2, 0.25) is 0 Å². The molecule has 0 spiro atoms. The second-order valence-electron chi connectivity index (χ2n) is 5.55. The quantitative estimate of drug-likeness (QED) is 0.830. The molecule has 1 amide bonds. The van der Waals surface area contributed by atoms with Crippen molar-refractivity contribution in [1.29, 1.82) is 0 Å². The van der Waals surface area contributed by atoms with Crippen LogP contribution in [0.1, 0.15) is 5.69 Å². The highest BCUT2D eigenvalue weighted by Gasteiger charge is 2.22. The maximum Gasteiger partial charge on any atom is 0.234 e. The zero-order valence-electron chi connectivity index (χ0n) is 13.0. The maximum absolute atomic E-state index is 12.1. The Morgan fingerprint density at radius 3 is 3.09 bits per heavy atom. The van der Waals surface area contributed by atoms with Crippen LogP contribution in [0.3, 0.4) is 0 Å². The van der Waals surface area contributed by atoms with E-state index < -0.39 is 0 Å². The number of hydrogen-bond acceptors (Lipinski definition) is 5. The molecule has 0 bridgehead atoms. The molecular formula is C16H21N5O2. The monoisotopic (exact) mass is 315 g/mol. The summed E-state index contributed by atoms with van der Waals surface area (Å²) in [6.07, 6.45) is 5.46. The lowest BCUT2D eigenvalue weighted by Gasteiger charge is -2.32. The van der Waals surface area contributed by atoms with Crippen molar-refractivity contribution >= 4 is 5.91 Å². The van der Waals surface area contributed by atoms with Crippen LogP contribution in [-0.4, -0.2) is 57.9 Å². The highest BCUT2D eigenvalue weighted by Crippen LogP contribution is 2.07. The first-order valence-corrected chi connectivity index (χ1v) is 7.77. The van der Waals surface area contributed by atoms with E-state index in [-0.39, 0.29) is 12.0 Å². The SMILES string of the molecule is O=C(CN1CCO[C@H](Cn2cccn2)C1)NCc1ccccn1. The van der Waals surface area contributed by atoms with Gasteiger partial charge in [-0.15, -0.1) is 0 Å². The van der Waals surface area contributed by atoms with Gasteiger partial charge >= 0.3 is 0 Å². The number of amides is 1. The summed E-state index contributed by atoms with van der Waals surface area (Å²) >= 11 is 0. The van der Waals surface area contributed by atoms with E-state index in [1.54, 1.807) is 12.4 Å². The van der Waals surface area contributed by atoms with Gasteiger partial charge in [0.15, 0.2) is 0 Å². The van der Waals surface area contributed by atoms with Crippen molar-refractivity contribution in [1.82, 2.24) is 25.0 Å². The molecule has 1 aliphatic heterocycles. The molecule has 0 radical (unpaired) electrons. The van der Waals surface area contributed by atoms with E-state index in [0.717, 1.165) is 18.8 Å². The fourth-order valence-corrected chi connectivity index (χ4v) is 2.60. The number of nitrogens with one attached hydrogen (secondary N) is 1. The average Bonchev–Trinajstić information content (AvgIpc) is 3.07. The predicted molar refractivity (Wildman–Crippen MR) is 84.5 cm³/mol. The standard InChI is InChI=1S/C16H21N5O2/c22-16(18-10-14-4-1-2-5-17-14)13-20-8-9-23-15(11-20)12-21-7-3-6-19-21/h1-7,15H,8-13H2,(H,18,22)/t15-/m0/s1. The number of morpholine rings is 1. The summed E-state index contributed by atoms with van der Waals surface area (Å²) in [5, 5.41) is 7.10. The van der Waals surface area contributed by atoms with Gasteiger partial charge in [-0.3, -0.25) is 19.4 Å². The second kappa shape index (κ2) is 7.85. The third-order valence-corrected chi connectivity index (χ3v) is 3.73. The summed E-state index contributed by atoms with van der Waals surface area (Å²) in [5.74, 6) is 0.00962. The van der Waals surface area contributed by atoms with Crippen LogP contribution in [0, 0.1) is 0 Å². The minimum atomic E-state index is 0.00962. The van der Waals surface area contributed by atoms with Crippen molar-refractivity contribution < 1.29 is 9.53 Å². The summed E-state index contributed by atoms with van der Waals surface area (Å²) in [7, 11) is 0. The zero-order valence-corrected chi connectivity index (χ0v) is 13.0. The highest BCUT2D eigenvalue weighted by molar-refractivity contribution is 5.77. The molecule has 1 N–H and O–H groups in total. The van der Waals surface area contributed by atoms with Crippen molar-refractivity contribution in [2.45, 2.75) is 19.2 Å².